The number of aryl methyl sites for hydroxylation is 2. The second-order valence-corrected chi connectivity index (χ2v) is 9.14. The van der Waals surface area contributed by atoms with Gasteiger partial charge in [-0.05, 0) is 59.1 Å². The lowest BCUT2D eigenvalue weighted by molar-refractivity contribution is 0.0730. The summed E-state index contributed by atoms with van der Waals surface area (Å²) in [6, 6.07) is 10.4. The fraction of sp³-hybridized carbons (Fsp3) is 0.316. The molecule has 1 aliphatic heterocycles. The molecule has 0 bridgehead atoms. The number of hydrogen-bond donors (Lipinski definition) is 1. The van der Waals surface area contributed by atoms with E-state index < -0.39 is 10.0 Å². The maximum Gasteiger partial charge on any atom is 0.255 e. The molecule has 27 heavy (non-hydrogen) atoms. The summed E-state index contributed by atoms with van der Waals surface area (Å²) < 4.78 is 33.0. The number of hydrogen-bond acceptors (Lipinski definition) is 4. The maximum absolute atomic E-state index is 13.0. The number of carbonyl (C=O) groups is 1. The summed E-state index contributed by atoms with van der Waals surface area (Å²) in [4.78, 5) is 12.8. The molecular formula is C19H21BrN2O4S. The third-order valence-electron chi connectivity index (χ3n) is 4.50. The van der Waals surface area contributed by atoms with Crippen LogP contribution in [0.1, 0.15) is 21.5 Å². The van der Waals surface area contributed by atoms with Crippen molar-refractivity contribution in [2.45, 2.75) is 18.7 Å². The third kappa shape index (κ3) is 4.24. The summed E-state index contributed by atoms with van der Waals surface area (Å²) in [5, 5.41) is 2.89. The first-order valence-electron chi connectivity index (χ1n) is 8.55. The molecule has 1 heterocycles. The fourth-order valence-electron chi connectivity index (χ4n) is 2.97. The molecule has 0 aromatic heterocycles. The van der Waals surface area contributed by atoms with Gasteiger partial charge in [0, 0.05) is 28.8 Å². The number of para-hydroxylation sites is 1. The molecule has 1 fully saturated rings. The Bertz CT molecular complexity index is 949. The predicted molar refractivity (Wildman–Crippen MR) is 108 cm³/mol. The Labute approximate surface area is 167 Å². The van der Waals surface area contributed by atoms with Gasteiger partial charge in [-0.25, -0.2) is 8.42 Å². The second-order valence-electron chi connectivity index (χ2n) is 6.38. The van der Waals surface area contributed by atoms with Crippen LogP contribution in [0.4, 0.5) is 5.69 Å². The second kappa shape index (κ2) is 8.10. The number of anilines is 1. The smallest absolute Gasteiger partial charge is 0.255 e. The van der Waals surface area contributed by atoms with Crippen LogP contribution in [0.2, 0.25) is 0 Å². The van der Waals surface area contributed by atoms with Crippen LogP contribution in [0, 0.1) is 13.8 Å². The molecule has 6 nitrogen and oxygen atoms in total. The van der Waals surface area contributed by atoms with Gasteiger partial charge in [0.1, 0.15) is 0 Å². The number of carbonyl (C=O) groups excluding carboxylic acids is 1. The zero-order chi connectivity index (χ0) is 19.6. The van der Waals surface area contributed by atoms with Gasteiger partial charge in [0.2, 0.25) is 10.0 Å². The van der Waals surface area contributed by atoms with E-state index in [1.54, 1.807) is 12.1 Å². The monoisotopic (exact) mass is 452 g/mol. The Balaban J connectivity index is 1.92. The number of nitrogens with zero attached hydrogens (tertiary/aromatic N) is 1. The summed E-state index contributed by atoms with van der Waals surface area (Å²) in [6.07, 6.45) is 0. The van der Waals surface area contributed by atoms with Crippen LogP contribution in [0.3, 0.4) is 0 Å². The van der Waals surface area contributed by atoms with E-state index in [1.165, 1.54) is 10.4 Å². The lowest BCUT2D eigenvalue weighted by atomic mass is 10.1. The first kappa shape index (κ1) is 20.0. The van der Waals surface area contributed by atoms with Gasteiger partial charge in [-0.2, -0.15) is 4.31 Å². The molecule has 3 rings (SSSR count). The molecule has 2 aromatic carbocycles. The van der Waals surface area contributed by atoms with Gasteiger partial charge in [-0.15, -0.1) is 0 Å². The van der Waals surface area contributed by atoms with E-state index in [2.05, 4.69) is 21.2 Å². The molecule has 0 spiro atoms. The zero-order valence-electron chi connectivity index (χ0n) is 15.2. The van der Waals surface area contributed by atoms with Crippen LogP contribution in [-0.4, -0.2) is 44.9 Å². The predicted octanol–water partition coefficient (Wildman–Crippen LogP) is 3.34. The van der Waals surface area contributed by atoms with Crippen molar-refractivity contribution in [3.8, 4) is 0 Å². The van der Waals surface area contributed by atoms with E-state index in [0.29, 0.717) is 30.8 Å². The van der Waals surface area contributed by atoms with Gasteiger partial charge >= 0.3 is 0 Å². The minimum Gasteiger partial charge on any atom is -0.379 e. The van der Waals surface area contributed by atoms with E-state index in [4.69, 9.17) is 4.74 Å². The number of sulfonamides is 1. The van der Waals surface area contributed by atoms with Crippen molar-refractivity contribution >= 4 is 37.5 Å². The maximum atomic E-state index is 13.0. The highest BCUT2D eigenvalue weighted by molar-refractivity contribution is 9.10. The first-order chi connectivity index (χ1) is 12.8. The van der Waals surface area contributed by atoms with Crippen molar-refractivity contribution in [2.75, 3.05) is 31.6 Å². The van der Waals surface area contributed by atoms with Gasteiger partial charge in [0.15, 0.2) is 0 Å². The zero-order valence-corrected chi connectivity index (χ0v) is 17.6. The van der Waals surface area contributed by atoms with Gasteiger partial charge in [-0.1, -0.05) is 18.2 Å². The molecule has 0 radical (unpaired) electrons. The number of benzene rings is 2. The molecular weight excluding hydrogens is 432 g/mol. The van der Waals surface area contributed by atoms with Gasteiger partial charge < -0.3 is 10.1 Å². The van der Waals surface area contributed by atoms with Crippen LogP contribution < -0.4 is 5.32 Å². The Morgan fingerprint density at radius 1 is 1.11 bits per heavy atom. The minimum atomic E-state index is -3.71. The summed E-state index contributed by atoms with van der Waals surface area (Å²) in [6.45, 7) is 5.16. The van der Waals surface area contributed by atoms with Crippen LogP contribution in [0.5, 0.6) is 0 Å². The highest BCUT2D eigenvalue weighted by Crippen LogP contribution is 2.28. The van der Waals surface area contributed by atoms with E-state index in [1.807, 2.05) is 32.0 Å². The van der Waals surface area contributed by atoms with E-state index >= 15 is 0 Å². The van der Waals surface area contributed by atoms with Crippen molar-refractivity contribution < 1.29 is 17.9 Å². The van der Waals surface area contributed by atoms with Crippen molar-refractivity contribution in [1.29, 1.82) is 0 Å². The highest BCUT2D eigenvalue weighted by atomic mass is 79.9. The van der Waals surface area contributed by atoms with Crippen LogP contribution in [0.15, 0.2) is 45.8 Å². The van der Waals surface area contributed by atoms with E-state index in [9.17, 15) is 13.2 Å². The number of rotatable bonds is 4. The molecule has 2 aromatic rings. The molecule has 0 aliphatic carbocycles. The summed E-state index contributed by atoms with van der Waals surface area (Å²) in [5.74, 6) is -0.349. The molecule has 1 saturated heterocycles. The summed E-state index contributed by atoms with van der Waals surface area (Å²) in [5.41, 5.74) is 2.92. The Hall–Kier alpha value is -1.74. The number of amides is 1. The van der Waals surface area contributed by atoms with Crippen molar-refractivity contribution in [3.05, 3.63) is 57.6 Å². The highest BCUT2D eigenvalue weighted by Gasteiger charge is 2.29. The lowest BCUT2D eigenvalue weighted by Crippen LogP contribution is -2.40. The first-order valence-corrected chi connectivity index (χ1v) is 10.8. The molecule has 0 saturated carbocycles. The van der Waals surface area contributed by atoms with Crippen LogP contribution in [0.25, 0.3) is 0 Å². The molecule has 1 aliphatic rings. The fourth-order valence-corrected chi connectivity index (χ4v) is 5.32. The van der Waals surface area contributed by atoms with E-state index in [0.717, 1.165) is 16.8 Å². The van der Waals surface area contributed by atoms with Crippen molar-refractivity contribution in [1.82, 2.24) is 4.31 Å². The number of nitrogens with one attached hydrogen (secondary N) is 1. The summed E-state index contributed by atoms with van der Waals surface area (Å²) in [7, 11) is -3.71. The lowest BCUT2D eigenvalue weighted by Gasteiger charge is -2.26. The standard InChI is InChI=1S/C19H21BrN2O4S/c1-13-4-3-5-14(2)18(13)21-19(23)15-6-7-16(20)17(12-15)27(24,25)22-8-10-26-11-9-22/h3-7,12H,8-11H2,1-2H3,(H,21,23). The van der Waals surface area contributed by atoms with Crippen molar-refractivity contribution in [2.24, 2.45) is 0 Å². The van der Waals surface area contributed by atoms with Crippen LogP contribution in [-0.2, 0) is 14.8 Å². The Kier molecular flexibility index (Phi) is 6.00. The van der Waals surface area contributed by atoms with Gasteiger partial charge in [-0.3, -0.25) is 4.79 Å². The Morgan fingerprint density at radius 3 is 2.37 bits per heavy atom. The van der Waals surface area contributed by atoms with Crippen molar-refractivity contribution in [3.63, 3.8) is 0 Å². The summed E-state index contributed by atoms with van der Waals surface area (Å²) >= 11 is 3.30. The number of halogens is 1. The molecule has 1 amide bonds. The number of ether oxygens (including phenoxy) is 1. The average molecular weight is 453 g/mol. The minimum absolute atomic E-state index is 0.0820. The molecule has 0 atom stereocenters. The largest absolute Gasteiger partial charge is 0.379 e. The quantitative estimate of drug-likeness (QED) is 0.771. The molecule has 8 heteroatoms. The van der Waals surface area contributed by atoms with E-state index in [-0.39, 0.29) is 16.4 Å². The third-order valence-corrected chi connectivity index (χ3v) is 7.39. The SMILES string of the molecule is Cc1cccc(C)c1NC(=O)c1ccc(Br)c(S(=O)(=O)N2CCOCC2)c1. The van der Waals surface area contributed by atoms with Gasteiger partial charge in [0.25, 0.3) is 5.91 Å². The Morgan fingerprint density at radius 2 is 1.74 bits per heavy atom. The molecule has 144 valence electrons. The van der Waals surface area contributed by atoms with Gasteiger partial charge in [0.05, 0.1) is 18.1 Å². The molecule has 1 N–H and O–H groups in total. The van der Waals surface area contributed by atoms with Crippen LogP contribution >= 0.6 is 15.9 Å². The average Bonchev–Trinajstić information content (AvgIpc) is 2.65. The normalized spacial score (nSPS) is 15.5. The topological polar surface area (TPSA) is 75.7 Å². The molecule has 0 unspecified atom stereocenters. The number of morpholine rings is 1.